The van der Waals surface area contributed by atoms with Crippen molar-refractivity contribution in [1.29, 1.82) is 0 Å². The number of thiazole rings is 1. The molecular formula is C18H16N2O2S. The number of aliphatic hydroxyl groups excluding tert-OH is 1. The van der Waals surface area contributed by atoms with Gasteiger partial charge in [0.15, 0.2) is 5.01 Å². The zero-order valence-electron chi connectivity index (χ0n) is 12.7. The van der Waals surface area contributed by atoms with Gasteiger partial charge in [-0.1, -0.05) is 35.5 Å². The highest BCUT2D eigenvalue weighted by Crippen LogP contribution is 2.33. The van der Waals surface area contributed by atoms with Crippen molar-refractivity contribution in [3.63, 3.8) is 0 Å². The van der Waals surface area contributed by atoms with Crippen molar-refractivity contribution in [2.45, 2.75) is 26.1 Å². The largest absolute Gasteiger partial charge is 0.391 e. The number of aromatic nitrogens is 1. The minimum atomic E-state index is -0.725. The van der Waals surface area contributed by atoms with Crippen molar-refractivity contribution in [2.24, 2.45) is 5.16 Å². The zero-order chi connectivity index (χ0) is 16.2. The van der Waals surface area contributed by atoms with Crippen LogP contribution in [0.2, 0.25) is 0 Å². The minimum Gasteiger partial charge on any atom is -0.391 e. The van der Waals surface area contributed by atoms with E-state index in [-0.39, 0.29) is 0 Å². The van der Waals surface area contributed by atoms with E-state index in [0.29, 0.717) is 23.7 Å². The predicted molar refractivity (Wildman–Crippen MR) is 91.9 cm³/mol. The van der Waals surface area contributed by atoms with E-state index in [9.17, 15) is 5.11 Å². The van der Waals surface area contributed by atoms with Gasteiger partial charge in [-0.15, -0.1) is 17.8 Å². The molecular weight excluding hydrogens is 308 g/mol. The number of oxime groups is 1. The number of allylic oxidation sites excluding steroid dienone is 1. The molecule has 0 bridgehead atoms. The first-order valence-electron chi connectivity index (χ1n) is 7.22. The van der Waals surface area contributed by atoms with Crippen LogP contribution in [0.25, 0.3) is 5.57 Å². The Hall–Kier alpha value is -2.42. The smallest absolute Gasteiger partial charge is 0.167 e. The molecule has 0 saturated carbocycles. The summed E-state index contributed by atoms with van der Waals surface area (Å²) in [5.41, 5.74) is 4.27. The van der Waals surface area contributed by atoms with E-state index in [1.807, 2.05) is 42.6 Å². The summed E-state index contributed by atoms with van der Waals surface area (Å²) in [4.78, 5) is 9.76. The molecule has 4 nitrogen and oxygen atoms in total. The van der Waals surface area contributed by atoms with E-state index in [2.05, 4.69) is 16.1 Å². The number of rotatable bonds is 4. The lowest BCUT2D eigenvalue weighted by atomic mass is 10.1. The van der Waals surface area contributed by atoms with Crippen LogP contribution >= 0.6 is 11.3 Å². The van der Waals surface area contributed by atoms with Crippen LogP contribution in [-0.2, 0) is 11.4 Å². The Morgan fingerprint density at radius 1 is 1.43 bits per heavy atom. The molecule has 2 aromatic rings. The van der Waals surface area contributed by atoms with Gasteiger partial charge < -0.3 is 9.94 Å². The molecule has 23 heavy (non-hydrogen) atoms. The third-order valence-corrected chi connectivity index (χ3v) is 4.53. The topological polar surface area (TPSA) is 54.7 Å². The zero-order valence-corrected chi connectivity index (χ0v) is 13.5. The van der Waals surface area contributed by atoms with Crippen molar-refractivity contribution in [1.82, 2.24) is 4.98 Å². The maximum absolute atomic E-state index is 10.3. The van der Waals surface area contributed by atoms with E-state index in [1.54, 1.807) is 0 Å². The fourth-order valence-electron chi connectivity index (χ4n) is 2.45. The van der Waals surface area contributed by atoms with Gasteiger partial charge in [0.25, 0.3) is 0 Å². The van der Waals surface area contributed by atoms with Crippen LogP contribution in [0.15, 0.2) is 46.4 Å². The third kappa shape index (κ3) is 3.34. The molecule has 0 radical (unpaired) electrons. The van der Waals surface area contributed by atoms with Gasteiger partial charge in [0, 0.05) is 11.8 Å². The first kappa shape index (κ1) is 15.5. The highest BCUT2D eigenvalue weighted by molar-refractivity contribution is 7.10. The quantitative estimate of drug-likeness (QED) is 0.694. The molecule has 5 heteroatoms. The third-order valence-electron chi connectivity index (χ3n) is 3.75. The highest BCUT2D eigenvalue weighted by Gasteiger charge is 2.29. The lowest BCUT2D eigenvalue weighted by Gasteiger charge is -2.05. The summed E-state index contributed by atoms with van der Waals surface area (Å²) in [5.74, 6) is 2.53. The Labute approximate surface area is 139 Å². The summed E-state index contributed by atoms with van der Waals surface area (Å²) < 4.78 is 0. The molecule has 1 heterocycles. The molecule has 1 aromatic carbocycles. The second kappa shape index (κ2) is 6.78. The fraction of sp³-hybridized carbons (Fsp3) is 0.222. The van der Waals surface area contributed by atoms with E-state index in [0.717, 1.165) is 22.4 Å². The Morgan fingerprint density at radius 2 is 2.22 bits per heavy atom. The predicted octanol–water partition coefficient (Wildman–Crippen LogP) is 3.24. The molecule has 3 rings (SSSR count). The normalized spacial score (nSPS) is 19.2. The Kier molecular flexibility index (Phi) is 4.56. The summed E-state index contributed by atoms with van der Waals surface area (Å²) >= 11 is 1.42. The minimum absolute atomic E-state index is 0.378. The van der Waals surface area contributed by atoms with E-state index >= 15 is 0 Å². The van der Waals surface area contributed by atoms with Gasteiger partial charge in [0.1, 0.15) is 12.7 Å². The van der Waals surface area contributed by atoms with Crippen molar-refractivity contribution in [3.05, 3.63) is 57.6 Å². The van der Waals surface area contributed by atoms with E-state index < -0.39 is 6.10 Å². The number of terminal acetylenes is 1. The van der Waals surface area contributed by atoms with Crippen LogP contribution in [0.5, 0.6) is 0 Å². The molecule has 1 aliphatic rings. The van der Waals surface area contributed by atoms with Gasteiger partial charge in [-0.25, -0.2) is 4.98 Å². The van der Waals surface area contributed by atoms with Gasteiger partial charge in [-0.2, -0.15) is 0 Å². The lowest BCUT2D eigenvalue weighted by Crippen LogP contribution is -2.15. The van der Waals surface area contributed by atoms with Crippen molar-refractivity contribution in [3.8, 4) is 12.3 Å². The van der Waals surface area contributed by atoms with E-state index in [4.69, 9.17) is 11.3 Å². The molecule has 1 N–H and O–H groups in total. The van der Waals surface area contributed by atoms with Crippen molar-refractivity contribution < 1.29 is 9.94 Å². The molecule has 0 spiro atoms. The number of aliphatic hydroxyl groups is 1. The molecule has 116 valence electrons. The van der Waals surface area contributed by atoms with Crippen molar-refractivity contribution >= 4 is 22.6 Å². The average molecular weight is 324 g/mol. The van der Waals surface area contributed by atoms with E-state index in [1.165, 1.54) is 11.3 Å². The Bertz CT molecular complexity index is 800. The second-order valence-corrected chi connectivity index (χ2v) is 6.12. The fourth-order valence-corrected chi connectivity index (χ4v) is 3.09. The van der Waals surface area contributed by atoms with Crippen LogP contribution in [-0.4, -0.2) is 21.9 Å². The molecule has 1 aliphatic carbocycles. The molecule has 1 aromatic heterocycles. The van der Waals surface area contributed by atoms with Crippen LogP contribution in [0.4, 0.5) is 0 Å². The summed E-state index contributed by atoms with van der Waals surface area (Å²) in [5, 5.41) is 17.0. The van der Waals surface area contributed by atoms with Crippen molar-refractivity contribution in [2.75, 3.05) is 0 Å². The molecule has 1 unspecified atom stereocenters. The summed E-state index contributed by atoms with van der Waals surface area (Å²) in [6.45, 7) is 2.26. The molecule has 0 fully saturated rings. The summed E-state index contributed by atoms with van der Waals surface area (Å²) in [6, 6.07) is 9.79. The van der Waals surface area contributed by atoms with Crippen LogP contribution in [0, 0.1) is 12.3 Å². The summed E-state index contributed by atoms with van der Waals surface area (Å²) in [6.07, 6.45) is 5.16. The van der Waals surface area contributed by atoms with Gasteiger partial charge >= 0.3 is 0 Å². The second-order valence-electron chi connectivity index (χ2n) is 5.26. The Balaban J connectivity index is 1.70. The SMILES string of the molecule is C#Cc1nc(C2=C(C)C(O)/C(=N/OCc3ccccc3)C2)cs1. The molecule has 0 saturated heterocycles. The number of hydrogen-bond acceptors (Lipinski definition) is 5. The maximum Gasteiger partial charge on any atom is 0.167 e. The standard InChI is InChI=1S/C18H16N2O2S/c1-3-17-19-16(11-23-17)14-9-15(18(21)12(14)2)20-22-10-13-7-5-4-6-8-13/h1,4-8,11,18,21H,9-10H2,2H3/b20-15+. The first-order valence-corrected chi connectivity index (χ1v) is 8.10. The molecule has 0 amide bonds. The van der Waals surface area contributed by atoms with Gasteiger partial charge in [0.05, 0.1) is 11.4 Å². The summed E-state index contributed by atoms with van der Waals surface area (Å²) in [7, 11) is 0. The van der Waals surface area contributed by atoms with Crippen LogP contribution in [0.3, 0.4) is 0 Å². The van der Waals surface area contributed by atoms with Crippen LogP contribution < -0.4 is 0 Å². The maximum atomic E-state index is 10.3. The monoisotopic (exact) mass is 324 g/mol. The number of hydrogen-bond donors (Lipinski definition) is 1. The number of benzene rings is 1. The van der Waals surface area contributed by atoms with Gasteiger partial charge in [-0.05, 0) is 29.6 Å². The van der Waals surface area contributed by atoms with Gasteiger partial charge in [0.2, 0.25) is 0 Å². The van der Waals surface area contributed by atoms with Crippen LogP contribution in [0.1, 0.15) is 29.6 Å². The molecule has 0 aliphatic heterocycles. The average Bonchev–Trinajstić information content (AvgIpc) is 3.16. The Morgan fingerprint density at radius 3 is 2.91 bits per heavy atom. The van der Waals surface area contributed by atoms with Gasteiger partial charge in [-0.3, -0.25) is 0 Å². The highest BCUT2D eigenvalue weighted by atomic mass is 32.1. The lowest BCUT2D eigenvalue weighted by molar-refractivity contribution is 0.126. The number of nitrogens with zero attached hydrogens (tertiary/aromatic N) is 2. The molecule has 1 atom stereocenters. The first-order chi connectivity index (χ1) is 11.2.